The lowest BCUT2D eigenvalue weighted by molar-refractivity contribution is 0.133. The number of aromatic nitrogens is 1. The van der Waals surface area contributed by atoms with E-state index in [1.165, 1.54) is 11.1 Å². The van der Waals surface area contributed by atoms with Crippen LogP contribution >= 0.6 is 11.6 Å². The number of benzene rings is 1. The summed E-state index contributed by atoms with van der Waals surface area (Å²) in [5.74, 6) is 0. The minimum Gasteiger partial charge on any atom is -0.380 e. The van der Waals surface area contributed by atoms with Gasteiger partial charge in [0.05, 0.1) is 17.3 Å². The van der Waals surface area contributed by atoms with Crippen molar-refractivity contribution in [1.82, 2.24) is 4.98 Å². The van der Waals surface area contributed by atoms with Crippen LogP contribution in [0.5, 0.6) is 0 Å². The van der Waals surface area contributed by atoms with Gasteiger partial charge in [0.2, 0.25) is 0 Å². The van der Waals surface area contributed by atoms with Crippen molar-refractivity contribution in [2.24, 2.45) is 0 Å². The second-order valence-corrected chi connectivity index (χ2v) is 4.52. The molecule has 0 aliphatic carbocycles. The monoisotopic (exact) mass is 276 g/mol. The lowest BCUT2D eigenvalue weighted by atomic mass is 10.1. The number of hydrogen-bond donors (Lipinski definition) is 1. The van der Waals surface area contributed by atoms with Crippen LogP contribution in [0.4, 0.5) is 5.69 Å². The molecule has 2 aromatic rings. The standard InChI is InChI=1S/C15H17ClN2O/c1-2-19-11-13-6-4-3-5-12(13)9-18-15-7-8-17-10-14(15)16/h3-8,10H,2,9,11H2,1H3,(H,17,18). The van der Waals surface area contributed by atoms with E-state index < -0.39 is 0 Å². The minimum atomic E-state index is 0.629. The summed E-state index contributed by atoms with van der Waals surface area (Å²) in [5.41, 5.74) is 3.30. The maximum absolute atomic E-state index is 6.06. The van der Waals surface area contributed by atoms with Crippen molar-refractivity contribution < 1.29 is 4.74 Å². The van der Waals surface area contributed by atoms with Crippen LogP contribution in [-0.2, 0) is 17.9 Å². The highest BCUT2D eigenvalue weighted by molar-refractivity contribution is 6.33. The molecule has 19 heavy (non-hydrogen) atoms. The van der Waals surface area contributed by atoms with E-state index in [-0.39, 0.29) is 0 Å². The number of hydrogen-bond acceptors (Lipinski definition) is 3. The van der Waals surface area contributed by atoms with Crippen LogP contribution in [-0.4, -0.2) is 11.6 Å². The average Bonchev–Trinajstić information content (AvgIpc) is 2.45. The lowest BCUT2D eigenvalue weighted by Crippen LogP contribution is -2.04. The Morgan fingerprint density at radius 3 is 2.74 bits per heavy atom. The van der Waals surface area contributed by atoms with E-state index in [9.17, 15) is 0 Å². The molecule has 0 bridgehead atoms. The van der Waals surface area contributed by atoms with Crippen LogP contribution in [0.3, 0.4) is 0 Å². The third kappa shape index (κ3) is 3.94. The van der Waals surface area contributed by atoms with Crippen LogP contribution < -0.4 is 5.32 Å². The van der Waals surface area contributed by atoms with Crippen molar-refractivity contribution in [3.8, 4) is 0 Å². The Bertz CT molecular complexity index is 531. The van der Waals surface area contributed by atoms with Gasteiger partial charge in [-0.1, -0.05) is 35.9 Å². The summed E-state index contributed by atoms with van der Waals surface area (Å²) in [6.07, 6.45) is 3.36. The van der Waals surface area contributed by atoms with Crippen molar-refractivity contribution in [2.75, 3.05) is 11.9 Å². The van der Waals surface area contributed by atoms with Crippen molar-refractivity contribution in [2.45, 2.75) is 20.1 Å². The van der Waals surface area contributed by atoms with Gasteiger partial charge in [0.1, 0.15) is 0 Å². The van der Waals surface area contributed by atoms with Gasteiger partial charge in [0, 0.05) is 25.5 Å². The first-order valence-corrected chi connectivity index (χ1v) is 6.67. The fourth-order valence-corrected chi connectivity index (χ4v) is 1.98. The van der Waals surface area contributed by atoms with Crippen LogP contribution in [0, 0.1) is 0 Å². The molecule has 2 rings (SSSR count). The third-order valence-corrected chi connectivity index (χ3v) is 3.12. The molecule has 0 saturated carbocycles. The average molecular weight is 277 g/mol. The molecule has 1 heterocycles. The molecule has 1 aromatic carbocycles. The van der Waals surface area contributed by atoms with E-state index >= 15 is 0 Å². The first-order valence-electron chi connectivity index (χ1n) is 6.29. The predicted octanol–water partition coefficient (Wildman–Crippen LogP) is 3.88. The highest BCUT2D eigenvalue weighted by atomic mass is 35.5. The summed E-state index contributed by atoms with van der Waals surface area (Å²) in [7, 11) is 0. The van der Waals surface area contributed by atoms with Gasteiger partial charge in [0.15, 0.2) is 0 Å². The quantitative estimate of drug-likeness (QED) is 0.869. The van der Waals surface area contributed by atoms with Crippen molar-refractivity contribution in [3.63, 3.8) is 0 Å². The number of halogens is 1. The zero-order chi connectivity index (χ0) is 13.5. The van der Waals surface area contributed by atoms with Gasteiger partial charge >= 0.3 is 0 Å². The molecular weight excluding hydrogens is 260 g/mol. The molecule has 0 aliphatic rings. The minimum absolute atomic E-state index is 0.629. The van der Waals surface area contributed by atoms with Crippen molar-refractivity contribution >= 4 is 17.3 Å². The summed E-state index contributed by atoms with van der Waals surface area (Å²) in [4.78, 5) is 3.97. The van der Waals surface area contributed by atoms with E-state index in [0.717, 1.165) is 12.3 Å². The first-order chi connectivity index (χ1) is 9.31. The molecule has 0 saturated heterocycles. The molecule has 0 fully saturated rings. The maximum atomic E-state index is 6.06. The summed E-state index contributed by atoms with van der Waals surface area (Å²) in [6, 6.07) is 10.1. The van der Waals surface area contributed by atoms with Crippen LogP contribution in [0.15, 0.2) is 42.7 Å². The molecule has 0 atom stereocenters. The number of pyridine rings is 1. The molecule has 1 aromatic heterocycles. The topological polar surface area (TPSA) is 34.1 Å². The molecule has 1 N–H and O–H groups in total. The fraction of sp³-hybridized carbons (Fsp3) is 0.267. The van der Waals surface area contributed by atoms with Crippen LogP contribution in [0.25, 0.3) is 0 Å². The number of nitrogens with one attached hydrogen (secondary N) is 1. The number of nitrogens with zero attached hydrogens (tertiary/aromatic N) is 1. The molecule has 3 nitrogen and oxygen atoms in total. The van der Waals surface area contributed by atoms with Gasteiger partial charge < -0.3 is 10.1 Å². The number of ether oxygens (including phenoxy) is 1. The maximum Gasteiger partial charge on any atom is 0.0820 e. The second-order valence-electron chi connectivity index (χ2n) is 4.11. The van der Waals surface area contributed by atoms with Gasteiger partial charge in [-0.15, -0.1) is 0 Å². The molecule has 0 unspecified atom stereocenters. The Morgan fingerprint density at radius 2 is 2.00 bits per heavy atom. The Balaban J connectivity index is 2.05. The first kappa shape index (κ1) is 13.8. The van der Waals surface area contributed by atoms with E-state index in [0.29, 0.717) is 18.2 Å². The smallest absolute Gasteiger partial charge is 0.0820 e. The molecule has 100 valence electrons. The van der Waals surface area contributed by atoms with Gasteiger partial charge in [-0.3, -0.25) is 4.98 Å². The molecule has 0 amide bonds. The fourth-order valence-electron chi connectivity index (χ4n) is 1.79. The summed E-state index contributed by atoms with van der Waals surface area (Å²) < 4.78 is 5.47. The van der Waals surface area contributed by atoms with E-state index in [2.05, 4.69) is 22.4 Å². The summed E-state index contributed by atoms with van der Waals surface area (Å²) >= 11 is 6.06. The van der Waals surface area contributed by atoms with E-state index in [1.54, 1.807) is 12.4 Å². The van der Waals surface area contributed by atoms with Gasteiger partial charge in [0.25, 0.3) is 0 Å². The third-order valence-electron chi connectivity index (χ3n) is 2.82. The van der Waals surface area contributed by atoms with Crippen LogP contribution in [0.1, 0.15) is 18.1 Å². The van der Waals surface area contributed by atoms with Gasteiger partial charge in [-0.25, -0.2) is 0 Å². The SMILES string of the molecule is CCOCc1ccccc1CNc1ccncc1Cl. The van der Waals surface area contributed by atoms with Crippen molar-refractivity contribution in [3.05, 3.63) is 58.9 Å². The van der Waals surface area contributed by atoms with Gasteiger partial charge in [-0.2, -0.15) is 0 Å². The van der Waals surface area contributed by atoms with Crippen LogP contribution in [0.2, 0.25) is 5.02 Å². The Labute approximate surface area is 118 Å². The van der Waals surface area contributed by atoms with Crippen molar-refractivity contribution in [1.29, 1.82) is 0 Å². The zero-order valence-electron chi connectivity index (χ0n) is 10.9. The molecular formula is C15H17ClN2O. The Hall–Kier alpha value is -1.58. The largest absolute Gasteiger partial charge is 0.380 e. The number of anilines is 1. The van der Waals surface area contributed by atoms with E-state index in [1.807, 2.05) is 25.1 Å². The van der Waals surface area contributed by atoms with E-state index in [4.69, 9.17) is 16.3 Å². The molecule has 0 spiro atoms. The molecule has 0 radical (unpaired) electrons. The molecule has 0 aliphatic heterocycles. The predicted molar refractivity (Wildman–Crippen MR) is 78.3 cm³/mol. The Kier molecular flexibility index (Phi) is 5.19. The number of rotatable bonds is 6. The normalized spacial score (nSPS) is 10.4. The highest BCUT2D eigenvalue weighted by Crippen LogP contribution is 2.20. The lowest BCUT2D eigenvalue weighted by Gasteiger charge is -2.12. The van der Waals surface area contributed by atoms with Gasteiger partial charge in [-0.05, 0) is 24.1 Å². The summed E-state index contributed by atoms with van der Waals surface area (Å²) in [6.45, 7) is 4.07. The Morgan fingerprint density at radius 1 is 1.21 bits per heavy atom. The highest BCUT2D eigenvalue weighted by Gasteiger charge is 2.03. The molecule has 4 heteroatoms. The second kappa shape index (κ2) is 7.12. The zero-order valence-corrected chi connectivity index (χ0v) is 11.7. The summed E-state index contributed by atoms with van der Waals surface area (Å²) in [5, 5.41) is 3.95.